The van der Waals surface area contributed by atoms with Gasteiger partial charge in [-0.3, -0.25) is 9.78 Å². The molecule has 0 unspecified atom stereocenters. The number of amides is 1. The molecule has 0 aliphatic carbocycles. The first-order valence-electron chi connectivity index (χ1n) is 11.5. The summed E-state index contributed by atoms with van der Waals surface area (Å²) in [5.74, 6) is -0.0981. The monoisotopic (exact) mass is 582 g/mol. The SMILES string of the molecule is O=C(CCN1C(=S)N[C@H](c2ccccn2)[C@@H]1c1ccc(-c2ccc(Br)cc2F)o1)Nc1ccc(F)cc1. The fourth-order valence-corrected chi connectivity index (χ4v) is 4.94. The Balaban J connectivity index is 1.40. The van der Waals surface area contributed by atoms with E-state index in [2.05, 4.69) is 31.5 Å². The maximum absolute atomic E-state index is 14.6. The number of thiocarbonyl (C=S) groups is 1. The van der Waals surface area contributed by atoms with Crippen molar-refractivity contribution in [3.8, 4) is 11.3 Å². The van der Waals surface area contributed by atoms with Gasteiger partial charge < -0.3 is 20.0 Å². The number of furan rings is 1. The third-order valence-corrected chi connectivity index (χ3v) is 6.87. The van der Waals surface area contributed by atoms with Crippen LogP contribution in [0.2, 0.25) is 0 Å². The molecule has 4 aromatic rings. The van der Waals surface area contributed by atoms with Crippen LogP contribution in [0, 0.1) is 11.6 Å². The van der Waals surface area contributed by atoms with Crippen molar-refractivity contribution in [1.82, 2.24) is 15.2 Å². The van der Waals surface area contributed by atoms with E-state index >= 15 is 0 Å². The van der Waals surface area contributed by atoms with E-state index in [1.54, 1.807) is 30.5 Å². The topological polar surface area (TPSA) is 70.4 Å². The number of halogens is 3. The van der Waals surface area contributed by atoms with E-state index in [9.17, 15) is 13.6 Å². The highest BCUT2D eigenvalue weighted by atomic mass is 79.9. The van der Waals surface area contributed by atoms with Gasteiger partial charge in [0.05, 0.1) is 17.3 Å². The number of anilines is 1. The highest BCUT2D eigenvalue weighted by Gasteiger charge is 2.41. The summed E-state index contributed by atoms with van der Waals surface area (Å²) in [5, 5.41) is 6.51. The van der Waals surface area contributed by atoms with Gasteiger partial charge in [0.25, 0.3) is 0 Å². The second-order valence-corrected chi connectivity index (χ2v) is 9.75. The molecule has 0 bridgehead atoms. The van der Waals surface area contributed by atoms with Gasteiger partial charge in [-0.05, 0) is 78.9 Å². The number of aromatic nitrogens is 1. The van der Waals surface area contributed by atoms with Crippen LogP contribution in [-0.2, 0) is 4.79 Å². The number of benzene rings is 2. The van der Waals surface area contributed by atoms with Crippen molar-refractivity contribution in [2.75, 3.05) is 11.9 Å². The Morgan fingerprint density at radius 2 is 1.92 bits per heavy atom. The van der Waals surface area contributed by atoms with Crippen molar-refractivity contribution in [3.05, 3.63) is 107 Å². The van der Waals surface area contributed by atoms with E-state index in [4.69, 9.17) is 16.6 Å². The van der Waals surface area contributed by atoms with Gasteiger partial charge in [0.15, 0.2) is 5.11 Å². The van der Waals surface area contributed by atoms with Crippen molar-refractivity contribution in [1.29, 1.82) is 0 Å². The summed E-state index contributed by atoms with van der Waals surface area (Å²) in [4.78, 5) is 19.0. The van der Waals surface area contributed by atoms with Crippen molar-refractivity contribution in [2.24, 2.45) is 0 Å². The molecule has 0 spiro atoms. The number of pyridine rings is 1. The predicted octanol–water partition coefficient (Wildman–Crippen LogP) is 6.38. The molecule has 1 amide bonds. The third kappa shape index (κ3) is 5.55. The zero-order valence-electron chi connectivity index (χ0n) is 19.3. The zero-order chi connectivity index (χ0) is 25.9. The molecule has 2 aromatic carbocycles. The lowest BCUT2D eigenvalue weighted by Crippen LogP contribution is -2.32. The summed E-state index contributed by atoms with van der Waals surface area (Å²) in [6.07, 6.45) is 1.82. The number of hydrogen-bond donors (Lipinski definition) is 2. The molecular weight excluding hydrogens is 562 g/mol. The van der Waals surface area contributed by atoms with E-state index in [1.807, 2.05) is 23.1 Å². The van der Waals surface area contributed by atoms with Crippen molar-refractivity contribution >= 4 is 44.9 Å². The van der Waals surface area contributed by atoms with Gasteiger partial charge in [0.2, 0.25) is 5.91 Å². The summed E-state index contributed by atoms with van der Waals surface area (Å²) in [6, 6.07) is 18.7. The fourth-order valence-electron chi connectivity index (χ4n) is 4.28. The van der Waals surface area contributed by atoms with Crippen LogP contribution >= 0.6 is 28.1 Å². The van der Waals surface area contributed by atoms with Crippen LogP contribution in [0.3, 0.4) is 0 Å². The number of rotatable bonds is 7. The number of nitrogens with one attached hydrogen (secondary N) is 2. The molecule has 0 radical (unpaired) electrons. The van der Waals surface area contributed by atoms with Crippen LogP contribution in [0.5, 0.6) is 0 Å². The van der Waals surface area contributed by atoms with Gasteiger partial charge in [-0.1, -0.05) is 22.0 Å². The average Bonchev–Trinajstić information content (AvgIpc) is 3.49. The smallest absolute Gasteiger partial charge is 0.226 e. The standard InChI is InChI=1S/C27H21BrF2N4O2S/c28-16-4-9-19(20(30)15-16)22-10-11-23(36-22)26-25(21-3-1-2-13-31-21)33-27(37)34(26)14-12-24(35)32-18-7-5-17(29)6-8-18/h1-11,13,15,25-26H,12,14H2,(H,32,35)(H,33,37)/t25-,26+/m1/s1. The summed E-state index contributed by atoms with van der Waals surface area (Å²) in [5.41, 5.74) is 1.59. The van der Waals surface area contributed by atoms with Crippen LogP contribution in [-0.4, -0.2) is 27.4 Å². The Bertz CT molecular complexity index is 1430. The lowest BCUT2D eigenvalue weighted by molar-refractivity contribution is -0.116. The number of hydrogen-bond acceptors (Lipinski definition) is 4. The van der Waals surface area contributed by atoms with Gasteiger partial charge in [-0.25, -0.2) is 8.78 Å². The molecule has 10 heteroatoms. The first-order chi connectivity index (χ1) is 17.9. The van der Waals surface area contributed by atoms with Crippen molar-refractivity contribution in [3.63, 3.8) is 0 Å². The Morgan fingerprint density at radius 1 is 1.11 bits per heavy atom. The van der Waals surface area contributed by atoms with Crippen molar-refractivity contribution in [2.45, 2.75) is 18.5 Å². The Hall–Kier alpha value is -3.63. The highest BCUT2D eigenvalue weighted by Crippen LogP contribution is 2.41. The molecular formula is C27H21BrF2N4O2S. The van der Waals surface area contributed by atoms with Gasteiger partial charge in [0, 0.05) is 29.3 Å². The van der Waals surface area contributed by atoms with E-state index in [0.717, 1.165) is 5.69 Å². The fraction of sp³-hybridized carbons (Fsp3) is 0.148. The Morgan fingerprint density at radius 3 is 2.65 bits per heavy atom. The minimum Gasteiger partial charge on any atom is -0.459 e. The van der Waals surface area contributed by atoms with Crippen LogP contribution in [0.15, 0.2) is 87.9 Å². The molecule has 2 N–H and O–H groups in total. The molecule has 2 atom stereocenters. The maximum atomic E-state index is 14.6. The first kappa shape index (κ1) is 25.0. The van der Waals surface area contributed by atoms with Crippen LogP contribution < -0.4 is 10.6 Å². The van der Waals surface area contributed by atoms with E-state index in [0.29, 0.717) is 32.4 Å². The normalized spacial score (nSPS) is 17.1. The number of nitrogens with zero attached hydrogens (tertiary/aromatic N) is 2. The average molecular weight is 583 g/mol. The molecule has 1 saturated heterocycles. The van der Waals surface area contributed by atoms with E-state index < -0.39 is 11.9 Å². The largest absolute Gasteiger partial charge is 0.459 e. The molecule has 1 aliphatic heterocycles. The quantitative estimate of drug-likeness (QED) is 0.246. The zero-order valence-corrected chi connectivity index (χ0v) is 21.7. The molecule has 1 fully saturated rings. The lowest BCUT2D eigenvalue weighted by Gasteiger charge is -2.25. The second-order valence-electron chi connectivity index (χ2n) is 8.45. The van der Waals surface area contributed by atoms with E-state index in [-0.39, 0.29) is 30.7 Å². The van der Waals surface area contributed by atoms with Crippen LogP contribution in [0.1, 0.15) is 30.0 Å². The maximum Gasteiger partial charge on any atom is 0.226 e. The molecule has 1 aliphatic rings. The molecule has 5 rings (SSSR count). The van der Waals surface area contributed by atoms with Gasteiger partial charge in [0.1, 0.15) is 29.2 Å². The Labute approximate surface area is 225 Å². The molecule has 2 aromatic heterocycles. The summed E-state index contributed by atoms with van der Waals surface area (Å²) in [6.45, 7) is 0.287. The highest BCUT2D eigenvalue weighted by molar-refractivity contribution is 9.10. The van der Waals surface area contributed by atoms with Gasteiger partial charge in [-0.15, -0.1) is 0 Å². The summed E-state index contributed by atoms with van der Waals surface area (Å²) < 4.78 is 34.6. The van der Waals surface area contributed by atoms with Gasteiger partial charge >= 0.3 is 0 Å². The summed E-state index contributed by atoms with van der Waals surface area (Å²) >= 11 is 8.91. The first-order valence-corrected chi connectivity index (χ1v) is 12.7. The van der Waals surface area contributed by atoms with E-state index in [1.165, 1.54) is 30.3 Å². The molecule has 0 saturated carbocycles. The number of carbonyl (C=O) groups excluding carboxylic acids is 1. The lowest BCUT2D eigenvalue weighted by atomic mass is 10.0. The Kier molecular flexibility index (Phi) is 7.29. The summed E-state index contributed by atoms with van der Waals surface area (Å²) in [7, 11) is 0. The second kappa shape index (κ2) is 10.8. The van der Waals surface area contributed by atoms with Gasteiger partial charge in [-0.2, -0.15) is 0 Å². The van der Waals surface area contributed by atoms with Crippen LogP contribution in [0.25, 0.3) is 11.3 Å². The predicted molar refractivity (Wildman–Crippen MR) is 144 cm³/mol. The van der Waals surface area contributed by atoms with Crippen LogP contribution in [0.4, 0.5) is 14.5 Å². The minimum atomic E-state index is -0.423. The van der Waals surface area contributed by atoms with Crippen molar-refractivity contribution < 1.29 is 18.0 Å². The molecule has 188 valence electrons. The third-order valence-electron chi connectivity index (χ3n) is 6.02. The minimum absolute atomic E-state index is 0.125. The molecule has 37 heavy (non-hydrogen) atoms. The molecule has 6 nitrogen and oxygen atoms in total. The number of carbonyl (C=O) groups is 1. The molecule has 3 heterocycles.